The third-order valence-corrected chi connectivity index (χ3v) is 13.0. The van der Waals surface area contributed by atoms with E-state index in [0.717, 1.165) is 24.2 Å². The van der Waals surface area contributed by atoms with Gasteiger partial charge < -0.3 is 41.1 Å². The van der Waals surface area contributed by atoms with Crippen LogP contribution >= 0.6 is 0 Å². The summed E-state index contributed by atoms with van der Waals surface area (Å²) in [6.07, 6.45) is 14.2. The van der Waals surface area contributed by atoms with Crippen molar-refractivity contribution in [3.63, 3.8) is 0 Å². The molecule has 0 radical (unpaired) electrons. The Kier molecular flexibility index (Phi) is 23.9. The Labute approximate surface area is 402 Å². The van der Waals surface area contributed by atoms with Crippen molar-refractivity contribution in [3.8, 4) is 22.6 Å². The largest absolute Gasteiger partial charge is 0.507 e. The molecule has 1 heterocycles. The van der Waals surface area contributed by atoms with E-state index in [1.807, 2.05) is 0 Å². The van der Waals surface area contributed by atoms with Gasteiger partial charge in [0.05, 0.1) is 18.7 Å². The molecule has 0 fully saturated rings. The quantitative estimate of drug-likeness (QED) is 0.0585. The summed E-state index contributed by atoms with van der Waals surface area (Å²) in [5.41, 5.74) is 1.00. The maximum absolute atomic E-state index is 14.2. The molecular weight excluding hydrogens is 871 g/mol. The second-order valence-electron chi connectivity index (χ2n) is 18.6. The number of unbranched alkanes of at least 4 members (excludes halogenated alkanes) is 12. The number of nitrogens with zero attached hydrogens (tertiary/aromatic N) is 2. The maximum Gasteiger partial charge on any atom is 0.245 e. The standard InChI is InChI=1S/C52H77N5O11/c1-8-9-10-11-12-13-14-15-16-17-18-19-20-21-47(64)56(6)42(32-58)52(68)54-35(4)43(60)26-27-48(65)57(7)49-38-23-25-45(62)40(31-38)39-29-37(22-24-44(39)61)30-41(51(67)53-34(3)36(5)59)55-50(66)33(2)28-46(49)63/h22-25,29,31,33-35,41-42,49,58,61-62H,8-21,26-28,30,32H2,1-7H3,(H,53,67)(H,54,68)(H,55,66)/t33-,34?,35-,41+,42-,49+/m1/s1. The molecule has 16 heteroatoms. The van der Waals surface area contributed by atoms with Gasteiger partial charge in [-0.15, -0.1) is 0 Å². The van der Waals surface area contributed by atoms with E-state index < -0.39 is 77.9 Å². The summed E-state index contributed by atoms with van der Waals surface area (Å²) in [6.45, 7) is 7.32. The van der Waals surface area contributed by atoms with Crippen molar-refractivity contribution >= 4 is 46.9 Å². The van der Waals surface area contributed by atoms with Crippen molar-refractivity contribution in [1.29, 1.82) is 0 Å². The minimum absolute atomic E-state index is 0.0597. The molecule has 0 spiro atoms. The predicted octanol–water partition coefficient (Wildman–Crippen LogP) is 6.15. The van der Waals surface area contributed by atoms with Gasteiger partial charge >= 0.3 is 0 Å². The maximum atomic E-state index is 14.2. The van der Waals surface area contributed by atoms with Crippen molar-refractivity contribution in [2.24, 2.45) is 5.92 Å². The summed E-state index contributed by atoms with van der Waals surface area (Å²) in [5, 5.41) is 39.9. The van der Waals surface area contributed by atoms with Crippen LogP contribution in [-0.2, 0) is 44.8 Å². The molecule has 6 N–H and O–H groups in total. The highest BCUT2D eigenvalue weighted by molar-refractivity contribution is 5.97. The smallest absolute Gasteiger partial charge is 0.245 e. The molecule has 68 heavy (non-hydrogen) atoms. The summed E-state index contributed by atoms with van der Waals surface area (Å²) in [6, 6.07) is 2.98. The minimum Gasteiger partial charge on any atom is -0.507 e. The lowest BCUT2D eigenvalue weighted by molar-refractivity contribution is -0.142. The van der Waals surface area contributed by atoms with Gasteiger partial charge in [0.25, 0.3) is 0 Å². The number of carbonyl (C=O) groups excluding carboxylic acids is 8. The van der Waals surface area contributed by atoms with Crippen LogP contribution in [-0.4, -0.2) is 117 Å². The summed E-state index contributed by atoms with van der Waals surface area (Å²) in [7, 11) is 2.81. The minimum atomic E-state index is -1.33. The number of ketones is 3. The van der Waals surface area contributed by atoms with Crippen LogP contribution in [0.5, 0.6) is 11.5 Å². The fourth-order valence-corrected chi connectivity index (χ4v) is 8.35. The number of hydrogen-bond donors (Lipinski definition) is 6. The molecule has 5 amide bonds. The van der Waals surface area contributed by atoms with Crippen LogP contribution in [0.25, 0.3) is 11.1 Å². The van der Waals surface area contributed by atoms with E-state index in [4.69, 9.17) is 0 Å². The first-order valence-corrected chi connectivity index (χ1v) is 24.5. The fraction of sp³-hybridized carbons (Fsp3) is 0.615. The van der Waals surface area contributed by atoms with Gasteiger partial charge in [0.1, 0.15) is 29.6 Å². The molecule has 3 rings (SSSR count). The monoisotopic (exact) mass is 948 g/mol. The van der Waals surface area contributed by atoms with E-state index in [-0.39, 0.29) is 72.0 Å². The Hall–Kier alpha value is -5.64. The predicted molar refractivity (Wildman–Crippen MR) is 259 cm³/mol. The number of hydrogen-bond acceptors (Lipinski definition) is 11. The molecule has 6 atom stereocenters. The number of aromatic hydroxyl groups is 2. The molecule has 0 saturated heterocycles. The van der Waals surface area contributed by atoms with Crippen LogP contribution in [0.3, 0.4) is 0 Å². The number of Topliss-reactive ketones (excluding diaryl/α,β-unsaturated/α-hetero) is 3. The van der Waals surface area contributed by atoms with Crippen LogP contribution in [0.15, 0.2) is 36.4 Å². The van der Waals surface area contributed by atoms with Gasteiger partial charge in [0.15, 0.2) is 17.3 Å². The second-order valence-corrected chi connectivity index (χ2v) is 18.6. The first-order valence-electron chi connectivity index (χ1n) is 24.5. The molecule has 16 nitrogen and oxygen atoms in total. The highest BCUT2D eigenvalue weighted by Crippen LogP contribution is 2.39. The number of amides is 5. The summed E-state index contributed by atoms with van der Waals surface area (Å²) >= 11 is 0. The zero-order valence-electron chi connectivity index (χ0n) is 41.4. The van der Waals surface area contributed by atoms with Gasteiger partial charge in [-0.1, -0.05) is 103 Å². The third kappa shape index (κ3) is 17.5. The number of carbonyl (C=O) groups is 8. The average molecular weight is 948 g/mol. The fourth-order valence-electron chi connectivity index (χ4n) is 8.35. The van der Waals surface area contributed by atoms with Crippen molar-refractivity contribution in [1.82, 2.24) is 25.8 Å². The van der Waals surface area contributed by atoms with Gasteiger partial charge in [-0.25, -0.2) is 0 Å². The third-order valence-electron chi connectivity index (χ3n) is 13.0. The van der Waals surface area contributed by atoms with Crippen LogP contribution in [0, 0.1) is 5.92 Å². The number of aliphatic hydroxyl groups is 1. The highest BCUT2D eigenvalue weighted by atomic mass is 16.3. The number of rotatable bonds is 26. The zero-order chi connectivity index (χ0) is 50.5. The number of benzene rings is 2. The van der Waals surface area contributed by atoms with E-state index in [0.29, 0.717) is 12.0 Å². The van der Waals surface area contributed by atoms with Crippen molar-refractivity contribution < 1.29 is 53.7 Å². The molecule has 2 aromatic rings. The van der Waals surface area contributed by atoms with Crippen molar-refractivity contribution in [3.05, 3.63) is 47.5 Å². The van der Waals surface area contributed by atoms with Crippen LogP contribution in [0.4, 0.5) is 0 Å². The molecule has 0 saturated carbocycles. The van der Waals surface area contributed by atoms with Crippen LogP contribution in [0.2, 0.25) is 0 Å². The first kappa shape index (κ1) is 56.7. The van der Waals surface area contributed by atoms with Crippen molar-refractivity contribution in [2.75, 3.05) is 20.7 Å². The van der Waals surface area contributed by atoms with Gasteiger partial charge in [0, 0.05) is 63.2 Å². The number of nitrogens with one attached hydrogen (secondary N) is 3. The molecule has 1 aliphatic rings. The SMILES string of the molecule is CCCCCCCCCCCCCCCC(=O)N(C)[C@H](CO)C(=O)N[C@H](C)C(=O)CCC(=O)N(C)[C@@H]1C(=O)C[C@@H](C)C(=O)N[C@H](C(=O)NC(C)C(C)=O)Cc2ccc(O)c(c2)-c2cc1ccc2O. The average Bonchev–Trinajstić information content (AvgIpc) is 3.30. The topological polar surface area (TPSA) is 240 Å². The van der Waals surface area contributed by atoms with Gasteiger partial charge in [-0.3, -0.25) is 38.4 Å². The van der Waals surface area contributed by atoms with Gasteiger partial charge in [-0.2, -0.15) is 0 Å². The van der Waals surface area contributed by atoms with Crippen LogP contribution < -0.4 is 16.0 Å². The molecule has 2 aromatic carbocycles. The number of phenolic OH excluding ortho intramolecular Hbond substituents is 2. The summed E-state index contributed by atoms with van der Waals surface area (Å²) in [4.78, 5) is 109. The lowest BCUT2D eigenvalue weighted by Gasteiger charge is -2.30. The Morgan fingerprint density at radius 3 is 1.85 bits per heavy atom. The summed E-state index contributed by atoms with van der Waals surface area (Å²) in [5.74, 6) is -5.82. The lowest BCUT2D eigenvalue weighted by Crippen LogP contribution is -2.53. The Balaban J connectivity index is 1.65. The van der Waals surface area contributed by atoms with Gasteiger partial charge in [0.2, 0.25) is 29.5 Å². The Morgan fingerprint density at radius 1 is 0.721 bits per heavy atom. The number of likely N-dealkylation sites (N-methyl/N-ethyl adjacent to an activating group) is 2. The zero-order valence-corrected chi connectivity index (χ0v) is 41.4. The first-order chi connectivity index (χ1) is 32.3. The molecule has 1 unspecified atom stereocenters. The Morgan fingerprint density at radius 2 is 1.28 bits per heavy atom. The molecule has 0 aromatic heterocycles. The normalized spacial score (nSPS) is 17.4. The van der Waals surface area contributed by atoms with Gasteiger partial charge in [-0.05, 0) is 62.6 Å². The molecule has 0 aliphatic carbocycles. The molecule has 4 bridgehead atoms. The second kappa shape index (κ2) is 28.6. The number of phenols is 2. The van der Waals surface area contributed by atoms with E-state index in [2.05, 4.69) is 22.9 Å². The lowest BCUT2D eigenvalue weighted by atomic mass is 9.89. The summed E-state index contributed by atoms with van der Waals surface area (Å²) < 4.78 is 0. The van der Waals surface area contributed by atoms with E-state index in [1.165, 1.54) is 135 Å². The molecular formula is C52H77N5O11. The molecule has 1 aliphatic heterocycles. The van der Waals surface area contributed by atoms with E-state index >= 15 is 0 Å². The highest BCUT2D eigenvalue weighted by Gasteiger charge is 2.34. The Bertz CT molecular complexity index is 2060. The van der Waals surface area contributed by atoms with Crippen molar-refractivity contribution in [2.45, 2.75) is 180 Å². The number of fused-ring (bicyclic) bond motifs is 5. The number of aliphatic hydroxyl groups excluding tert-OH is 1. The van der Waals surface area contributed by atoms with E-state index in [9.17, 15) is 53.7 Å². The van der Waals surface area contributed by atoms with E-state index in [1.54, 1.807) is 6.07 Å². The molecule has 376 valence electrons. The van der Waals surface area contributed by atoms with Crippen LogP contribution in [0.1, 0.15) is 161 Å².